The molecule has 2 aromatic carbocycles. The molecule has 0 aromatic heterocycles. The van der Waals surface area contributed by atoms with Crippen LogP contribution in [-0.4, -0.2) is 0 Å². The molecule has 3 heteroatoms. The number of allylic oxidation sites excluding steroid dienone is 2. The van der Waals surface area contributed by atoms with Crippen LogP contribution in [0.25, 0.3) is 12.2 Å². The molecular formula is C22H20Cl2Zr. The van der Waals surface area contributed by atoms with Crippen LogP contribution < -0.4 is 0 Å². The second-order valence-electron chi connectivity index (χ2n) is 7.07. The maximum absolute atomic E-state index is 6.98. The van der Waals surface area contributed by atoms with Crippen molar-refractivity contribution in [2.75, 3.05) is 0 Å². The molecule has 4 rings (SSSR count). The number of hydrogen-bond acceptors (Lipinski definition) is 0. The Balaban J connectivity index is 0.00000182. The van der Waals surface area contributed by atoms with Gasteiger partial charge in [-0.05, 0) is 48.9 Å². The van der Waals surface area contributed by atoms with Crippen molar-refractivity contribution < 1.29 is 26.2 Å². The van der Waals surface area contributed by atoms with Gasteiger partial charge >= 0.3 is 0 Å². The van der Waals surface area contributed by atoms with Crippen molar-refractivity contribution in [2.24, 2.45) is 0 Å². The van der Waals surface area contributed by atoms with E-state index >= 15 is 0 Å². The zero-order chi connectivity index (χ0) is 16.9. The van der Waals surface area contributed by atoms with E-state index in [2.05, 4.69) is 74.5 Å². The summed E-state index contributed by atoms with van der Waals surface area (Å²) in [5.74, 6) is 0. The third-order valence-corrected chi connectivity index (χ3v) is 6.25. The van der Waals surface area contributed by atoms with Crippen molar-refractivity contribution in [1.29, 1.82) is 0 Å². The first-order chi connectivity index (χ1) is 11.4. The fraction of sp³-hybridized carbons (Fsp3) is 0.273. The van der Waals surface area contributed by atoms with Crippen molar-refractivity contribution in [3.05, 3.63) is 81.9 Å². The molecule has 0 fully saturated rings. The van der Waals surface area contributed by atoms with E-state index in [-0.39, 0.29) is 26.2 Å². The van der Waals surface area contributed by atoms with Crippen molar-refractivity contribution in [1.82, 2.24) is 0 Å². The molecule has 0 saturated carbocycles. The van der Waals surface area contributed by atoms with Gasteiger partial charge < -0.3 is 0 Å². The summed E-state index contributed by atoms with van der Waals surface area (Å²) >= 11 is 14.0. The molecule has 0 nitrogen and oxygen atoms in total. The van der Waals surface area contributed by atoms with Gasteiger partial charge in [0.2, 0.25) is 0 Å². The molecule has 0 spiro atoms. The zero-order valence-corrected chi connectivity index (χ0v) is 18.4. The first-order valence-corrected chi connectivity index (χ1v) is 9.14. The van der Waals surface area contributed by atoms with E-state index in [4.69, 9.17) is 23.2 Å². The number of benzene rings is 2. The largest absolute Gasteiger partial charge is 0.109 e. The number of fused-ring (bicyclic) bond motifs is 2. The molecular weight excluding hydrogens is 426 g/mol. The average Bonchev–Trinajstić information content (AvgIpc) is 3.05. The topological polar surface area (TPSA) is 0 Å². The van der Waals surface area contributed by atoms with Gasteiger partial charge in [0.15, 0.2) is 0 Å². The summed E-state index contributed by atoms with van der Waals surface area (Å²) in [4.78, 5) is -0.904. The summed E-state index contributed by atoms with van der Waals surface area (Å²) in [5.41, 5.74) is 7.37. The van der Waals surface area contributed by atoms with Crippen molar-refractivity contribution in [3.8, 4) is 0 Å². The summed E-state index contributed by atoms with van der Waals surface area (Å²) < 4.78 is 0. The van der Waals surface area contributed by atoms with Crippen LogP contribution in [0.1, 0.15) is 46.2 Å². The minimum absolute atomic E-state index is 0. The van der Waals surface area contributed by atoms with E-state index < -0.39 is 9.75 Å². The summed E-state index contributed by atoms with van der Waals surface area (Å²) in [6.07, 6.45) is 10.1. The SMILES string of the molecule is Cc1ccc2c(c1)C=CC2(Cl)CCC1(Cl)C=Cc2cc(C)ccc21.[Zr]. The zero-order valence-electron chi connectivity index (χ0n) is 14.4. The molecule has 0 saturated heterocycles. The smallest absolute Gasteiger partial charge is 0.0885 e. The number of alkyl halides is 2. The van der Waals surface area contributed by atoms with Crippen molar-refractivity contribution in [2.45, 2.75) is 36.4 Å². The van der Waals surface area contributed by atoms with E-state index in [1.54, 1.807) is 0 Å². The van der Waals surface area contributed by atoms with E-state index in [0.29, 0.717) is 0 Å². The summed E-state index contributed by atoms with van der Waals surface area (Å²) in [6.45, 7) is 4.22. The van der Waals surface area contributed by atoms with E-state index in [1.165, 1.54) is 33.4 Å². The molecule has 0 aliphatic heterocycles. The fourth-order valence-electron chi connectivity index (χ4n) is 3.82. The Morgan fingerprint density at radius 1 is 0.720 bits per heavy atom. The predicted octanol–water partition coefficient (Wildman–Crippen LogP) is 6.70. The molecule has 0 radical (unpaired) electrons. The molecule has 2 aliphatic rings. The third-order valence-electron chi connectivity index (χ3n) is 5.22. The molecule has 0 bridgehead atoms. The van der Waals surface area contributed by atoms with Gasteiger partial charge in [0.1, 0.15) is 0 Å². The maximum Gasteiger partial charge on any atom is 0.0885 e. The Hall–Kier alpha value is -0.617. The van der Waals surface area contributed by atoms with Crippen LogP contribution in [0.5, 0.6) is 0 Å². The van der Waals surface area contributed by atoms with Crippen LogP contribution in [-0.2, 0) is 36.0 Å². The molecule has 0 heterocycles. The monoisotopic (exact) mass is 444 g/mol. The van der Waals surface area contributed by atoms with Crippen LogP contribution in [0.4, 0.5) is 0 Å². The Morgan fingerprint density at radius 2 is 1.12 bits per heavy atom. The second-order valence-corrected chi connectivity index (χ2v) is 8.42. The average molecular weight is 447 g/mol. The molecule has 2 aromatic rings. The minimum atomic E-state index is -0.452. The Bertz CT molecular complexity index is 810. The van der Waals surface area contributed by atoms with Gasteiger partial charge in [0, 0.05) is 26.2 Å². The van der Waals surface area contributed by atoms with Crippen LogP contribution in [0, 0.1) is 13.8 Å². The minimum Gasteiger partial charge on any atom is -0.109 e. The standard InChI is InChI=1S/C22H20Cl2.Zr/c1-15-3-5-19-17(13-15)7-9-21(19,23)11-12-22(24)10-8-18-14-16(2)4-6-20(18)22;/h3-10,13-14H,11-12H2,1-2H3;. The first-order valence-electron chi connectivity index (χ1n) is 8.38. The number of rotatable bonds is 3. The van der Waals surface area contributed by atoms with Gasteiger partial charge in [-0.25, -0.2) is 0 Å². The number of halogens is 2. The normalized spacial score (nSPS) is 25.6. The van der Waals surface area contributed by atoms with Crippen molar-refractivity contribution in [3.63, 3.8) is 0 Å². The maximum atomic E-state index is 6.98. The van der Waals surface area contributed by atoms with Crippen LogP contribution >= 0.6 is 23.2 Å². The second kappa shape index (κ2) is 6.84. The van der Waals surface area contributed by atoms with Gasteiger partial charge in [0.05, 0.1) is 9.75 Å². The quantitative estimate of drug-likeness (QED) is 0.460. The van der Waals surface area contributed by atoms with Crippen LogP contribution in [0.2, 0.25) is 0 Å². The third kappa shape index (κ3) is 3.36. The van der Waals surface area contributed by atoms with Gasteiger partial charge in [-0.15, -0.1) is 23.2 Å². The van der Waals surface area contributed by atoms with Gasteiger partial charge in [-0.2, -0.15) is 0 Å². The van der Waals surface area contributed by atoms with Crippen LogP contribution in [0.3, 0.4) is 0 Å². The molecule has 2 aliphatic carbocycles. The van der Waals surface area contributed by atoms with Gasteiger partial charge in [-0.3, -0.25) is 0 Å². The van der Waals surface area contributed by atoms with Crippen molar-refractivity contribution >= 4 is 35.4 Å². The van der Waals surface area contributed by atoms with Gasteiger partial charge in [0.25, 0.3) is 0 Å². The first kappa shape index (κ1) is 19.2. The molecule has 0 N–H and O–H groups in total. The number of aryl methyl sites for hydroxylation is 2. The van der Waals surface area contributed by atoms with Crippen LogP contribution in [0.15, 0.2) is 48.6 Å². The van der Waals surface area contributed by atoms with E-state index in [1.807, 2.05) is 0 Å². The fourth-order valence-corrected chi connectivity index (χ4v) is 4.48. The Kier molecular flexibility index (Phi) is 5.24. The predicted molar refractivity (Wildman–Crippen MR) is 105 cm³/mol. The van der Waals surface area contributed by atoms with E-state index in [0.717, 1.165) is 12.8 Å². The summed E-state index contributed by atoms with van der Waals surface area (Å²) in [7, 11) is 0. The Labute approximate surface area is 179 Å². The molecule has 2 unspecified atom stereocenters. The Morgan fingerprint density at radius 3 is 1.52 bits per heavy atom. The molecule has 2 atom stereocenters. The summed E-state index contributed by atoms with van der Waals surface area (Å²) in [6, 6.07) is 13.0. The summed E-state index contributed by atoms with van der Waals surface area (Å²) in [5, 5.41) is 0. The van der Waals surface area contributed by atoms with E-state index in [9.17, 15) is 0 Å². The molecule has 25 heavy (non-hydrogen) atoms. The molecule has 0 amide bonds. The number of hydrogen-bond donors (Lipinski definition) is 0. The van der Waals surface area contributed by atoms with Gasteiger partial charge in [-0.1, -0.05) is 71.8 Å². The molecule has 126 valence electrons.